The summed E-state index contributed by atoms with van der Waals surface area (Å²) in [6.07, 6.45) is 3.85. The molecule has 1 aliphatic heterocycles. The van der Waals surface area contributed by atoms with Crippen molar-refractivity contribution in [2.24, 2.45) is 0 Å². The van der Waals surface area contributed by atoms with Crippen LogP contribution in [0.4, 0.5) is 16.2 Å². The van der Waals surface area contributed by atoms with E-state index in [1.807, 2.05) is 24.3 Å². The Labute approximate surface area is 179 Å². The van der Waals surface area contributed by atoms with Crippen LogP contribution in [0, 0.1) is 0 Å². The van der Waals surface area contributed by atoms with Gasteiger partial charge in [-0.2, -0.15) is 0 Å². The van der Waals surface area contributed by atoms with Crippen LogP contribution >= 0.6 is 0 Å². The average Bonchev–Trinajstić information content (AvgIpc) is 3.49. The molecule has 0 saturated carbocycles. The summed E-state index contributed by atoms with van der Waals surface area (Å²) < 4.78 is 7.02. The third kappa shape index (κ3) is 5.86. The van der Waals surface area contributed by atoms with E-state index in [0.29, 0.717) is 17.9 Å². The quantitative estimate of drug-likeness (QED) is 0.537. The highest BCUT2D eigenvalue weighted by atomic mass is 16.5. The van der Waals surface area contributed by atoms with Crippen LogP contribution in [0.25, 0.3) is 5.69 Å². The molecule has 1 unspecified atom stereocenters. The van der Waals surface area contributed by atoms with Crippen LogP contribution < -0.4 is 16.0 Å². The van der Waals surface area contributed by atoms with Gasteiger partial charge in [0.2, 0.25) is 5.91 Å². The highest BCUT2D eigenvalue weighted by Crippen LogP contribution is 2.15. The van der Waals surface area contributed by atoms with E-state index in [4.69, 9.17) is 4.74 Å². The number of nitrogens with zero attached hydrogens (tertiary/aromatic N) is 4. The Kier molecular flexibility index (Phi) is 6.48. The molecule has 0 aliphatic carbocycles. The molecular weight excluding hydrogens is 398 g/mol. The van der Waals surface area contributed by atoms with Crippen LogP contribution in [0.15, 0.2) is 54.9 Å². The van der Waals surface area contributed by atoms with Crippen LogP contribution in [-0.2, 0) is 16.0 Å². The molecule has 0 spiro atoms. The normalized spacial score (nSPS) is 15.4. The van der Waals surface area contributed by atoms with Gasteiger partial charge in [0, 0.05) is 24.5 Å². The first kappa shape index (κ1) is 20.5. The second-order valence-corrected chi connectivity index (χ2v) is 7.19. The highest BCUT2D eigenvalue weighted by molar-refractivity contribution is 5.93. The Morgan fingerprint density at radius 3 is 2.42 bits per heavy atom. The van der Waals surface area contributed by atoms with Crippen LogP contribution in [-0.4, -0.2) is 51.4 Å². The minimum atomic E-state index is -0.280. The zero-order valence-corrected chi connectivity index (χ0v) is 16.8. The van der Waals surface area contributed by atoms with Gasteiger partial charge in [-0.25, -0.2) is 9.48 Å². The number of carbonyl (C=O) groups is 2. The lowest BCUT2D eigenvalue weighted by atomic mass is 10.1. The number of hydrogen-bond donors (Lipinski definition) is 3. The first-order valence-electron chi connectivity index (χ1n) is 10.0. The van der Waals surface area contributed by atoms with E-state index in [1.165, 1.54) is 6.33 Å². The first-order chi connectivity index (χ1) is 15.2. The van der Waals surface area contributed by atoms with Gasteiger partial charge >= 0.3 is 6.03 Å². The summed E-state index contributed by atoms with van der Waals surface area (Å²) in [6, 6.07) is 14.1. The number of tetrazole rings is 1. The molecule has 1 saturated heterocycles. The van der Waals surface area contributed by atoms with E-state index in [9.17, 15) is 9.59 Å². The average molecular weight is 421 g/mol. The summed E-state index contributed by atoms with van der Waals surface area (Å²) in [4.78, 5) is 24.3. The molecule has 3 N–H and O–H groups in total. The maximum absolute atomic E-state index is 12.3. The van der Waals surface area contributed by atoms with Gasteiger partial charge in [-0.1, -0.05) is 12.1 Å². The van der Waals surface area contributed by atoms with Crippen LogP contribution in [0.5, 0.6) is 0 Å². The monoisotopic (exact) mass is 421 g/mol. The van der Waals surface area contributed by atoms with Gasteiger partial charge < -0.3 is 20.7 Å². The van der Waals surface area contributed by atoms with Gasteiger partial charge in [0.1, 0.15) is 6.33 Å². The number of benzene rings is 2. The second kappa shape index (κ2) is 9.81. The predicted octanol–water partition coefficient (Wildman–Crippen LogP) is 2.14. The number of nitrogens with one attached hydrogen (secondary N) is 3. The summed E-state index contributed by atoms with van der Waals surface area (Å²) in [5.41, 5.74) is 2.98. The lowest BCUT2D eigenvalue weighted by molar-refractivity contribution is -0.115. The number of ether oxygens (including phenoxy) is 1. The van der Waals surface area contributed by atoms with Crippen LogP contribution in [0.1, 0.15) is 18.4 Å². The molecule has 160 valence electrons. The molecule has 3 aromatic rings. The zero-order valence-electron chi connectivity index (χ0n) is 16.8. The molecule has 3 amide bonds. The van der Waals surface area contributed by atoms with Gasteiger partial charge in [-0.15, -0.1) is 5.10 Å². The molecule has 0 radical (unpaired) electrons. The van der Waals surface area contributed by atoms with Crippen molar-refractivity contribution in [1.82, 2.24) is 25.5 Å². The Morgan fingerprint density at radius 1 is 1.03 bits per heavy atom. The third-order valence-electron chi connectivity index (χ3n) is 4.86. The first-order valence-corrected chi connectivity index (χ1v) is 10.0. The molecule has 1 fully saturated rings. The number of anilines is 2. The number of rotatable bonds is 7. The highest BCUT2D eigenvalue weighted by Gasteiger charge is 2.16. The summed E-state index contributed by atoms with van der Waals surface area (Å²) in [5.74, 6) is -0.134. The van der Waals surface area contributed by atoms with Crippen molar-refractivity contribution in [2.45, 2.75) is 25.4 Å². The lowest BCUT2D eigenvalue weighted by Gasteiger charge is -2.12. The predicted molar refractivity (Wildman–Crippen MR) is 114 cm³/mol. The largest absolute Gasteiger partial charge is 0.376 e. The Bertz CT molecular complexity index is 998. The molecule has 4 rings (SSSR count). The molecule has 10 heteroatoms. The molecule has 31 heavy (non-hydrogen) atoms. The van der Waals surface area contributed by atoms with Crippen molar-refractivity contribution < 1.29 is 14.3 Å². The molecule has 0 bridgehead atoms. The fourth-order valence-electron chi connectivity index (χ4n) is 3.26. The lowest BCUT2D eigenvalue weighted by Crippen LogP contribution is -2.35. The third-order valence-corrected chi connectivity index (χ3v) is 4.86. The summed E-state index contributed by atoms with van der Waals surface area (Å²) in [5, 5.41) is 19.5. The molecule has 10 nitrogen and oxygen atoms in total. The van der Waals surface area contributed by atoms with Crippen molar-refractivity contribution in [3.63, 3.8) is 0 Å². The SMILES string of the molecule is O=C(Cc1ccc(-n2cnnn2)cc1)Nc1ccc(NC(=O)NCC2CCCO2)cc1. The smallest absolute Gasteiger partial charge is 0.319 e. The molecular formula is C21H23N7O3. The van der Waals surface area contributed by atoms with Crippen molar-refractivity contribution in [2.75, 3.05) is 23.8 Å². The number of carbonyl (C=O) groups excluding carboxylic acids is 2. The second-order valence-electron chi connectivity index (χ2n) is 7.19. The van der Waals surface area contributed by atoms with Crippen molar-refractivity contribution in [3.8, 4) is 5.69 Å². The maximum atomic E-state index is 12.3. The number of hydrogen-bond acceptors (Lipinski definition) is 6. The van der Waals surface area contributed by atoms with Crippen LogP contribution in [0.3, 0.4) is 0 Å². The van der Waals surface area contributed by atoms with Crippen LogP contribution in [0.2, 0.25) is 0 Å². The van der Waals surface area contributed by atoms with Crippen molar-refractivity contribution in [1.29, 1.82) is 0 Å². The zero-order chi connectivity index (χ0) is 21.5. The summed E-state index contributed by atoms with van der Waals surface area (Å²) in [6.45, 7) is 1.25. The minimum absolute atomic E-state index is 0.0964. The fourth-order valence-corrected chi connectivity index (χ4v) is 3.26. The molecule has 1 aliphatic rings. The van der Waals surface area contributed by atoms with Gasteiger partial charge in [-0.05, 0) is 65.2 Å². The van der Waals surface area contributed by atoms with E-state index in [-0.39, 0.29) is 24.5 Å². The van der Waals surface area contributed by atoms with Gasteiger partial charge in [-0.3, -0.25) is 4.79 Å². The molecule has 1 atom stereocenters. The summed E-state index contributed by atoms with van der Waals surface area (Å²) >= 11 is 0. The van der Waals surface area contributed by atoms with E-state index in [0.717, 1.165) is 30.7 Å². The van der Waals surface area contributed by atoms with Gasteiger partial charge in [0.15, 0.2) is 0 Å². The van der Waals surface area contributed by atoms with E-state index < -0.39 is 0 Å². The number of urea groups is 1. The van der Waals surface area contributed by atoms with Gasteiger partial charge in [0.05, 0.1) is 18.2 Å². The molecule has 2 aromatic carbocycles. The molecule has 1 aromatic heterocycles. The standard InChI is InChI=1S/C21H23N7O3/c29-20(12-15-3-9-18(10-4-15)28-14-23-26-27-28)24-16-5-7-17(8-6-16)25-21(30)22-13-19-2-1-11-31-19/h3-10,14,19H,1-2,11-13H2,(H,24,29)(H2,22,25,30). The van der Waals surface area contributed by atoms with E-state index >= 15 is 0 Å². The Hall–Kier alpha value is -3.79. The maximum Gasteiger partial charge on any atom is 0.319 e. The summed E-state index contributed by atoms with van der Waals surface area (Å²) in [7, 11) is 0. The van der Waals surface area contributed by atoms with E-state index in [1.54, 1.807) is 28.9 Å². The van der Waals surface area contributed by atoms with Crippen molar-refractivity contribution >= 4 is 23.3 Å². The number of aromatic nitrogens is 4. The topological polar surface area (TPSA) is 123 Å². The Balaban J connectivity index is 1.23. The number of amides is 3. The minimum Gasteiger partial charge on any atom is -0.376 e. The van der Waals surface area contributed by atoms with Gasteiger partial charge in [0.25, 0.3) is 0 Å². The fraction of sp³-hybridized carbons (Fsp3) is 0.286. The van der Waals surface area contributed by atoms with E-state index in [2.05, 4.69) is 31.5 Å². The van der Waals surface area contributed by atoms with Crippen molar-refractivity contribution in [3.05, 3.63) is 60.4 Å². The Morgan fingerprint density at radius 2 is 1.77 bits per heavy atom. The molecule has 2 heterocycles.